The number of hydrogen-bond donors (Lipinski definition) is 1. The Bertz CT molecular complexity index is 597. The van der Waals surface area contributed by atoms with Crippen molar-refractivity contribution in [3.05, 3.63) is 39.2 Å². The first-order chi connectivity index (χ1) is 8.00. The highest BCUT2D eigenvalue weighted by atomic mass is 35.5. The molecule has 88 valence electrons. The van der Waals surface area contributed by atoms with Gasteiger partial charge < -0.3 is 5.11 Å². The summed E-state index contributed by atoms with van der Waals surface area (Å²) in [6, 6.07) is 1.46. The highest BCUT2D eigenvalue weighted by Gasteiger charge is 2.18. The van der Waals surface area contributed by atoms with E-state index in [0.29, 0.717) is 5.02 Å². The lowest BCUT2D eigenvalue weighted by atomic mass is 10.4. The monoisotopic (exact) mass is 291 g/mol. The van der Waals surface area contributed by atoms with Crippen LogP contribution < -0.4 is 0 Å². The summed E-state index contributed by atoms with van der Waals surface area (Å²) < 4.78 is 1.13. The number of rotatable bonds is 2. The van der Waals surface area contributed by atoms with Crippen LogP contribution in [0.3, 0.4) is 0 Å². The molecular weight excluding hydrogens is 288 g/mol. The molecule has 0 aliphatic heterocycles. The number of aromatic carboxylic acids is 1. The molecule has 1 N–H and O–H groups in total. The molecule has 2 rings (SSSR count). The first-order valence-corrected chi connectivity index (χ1v) is 5.42. The molecule has 0 spiro atoms. The van der Waals surface area contributed by atoms with E-state index in [4.69, 9.17) is 39.9 Å². The molecule has 2 aromatic rings. The fraction of sp³-hybridized carbons (Fsp3) is 0. The summed E-state index contributed by atoms with van der Waals surface area (Å²) in [5.74, 6) is -0.958. The van der Waals surface area contributed by atoms with Crippen LogP contribution in [0.1, 0.15) is 10.4 Å². The molecule has 0 saturated heterocycles. The van der Waals surface area contributed by atoms with Crippen molar-refractivity contribution in [1.29, 1.82) is 0 Å². The Morgan fingerprint density at radius 1 is 1.29 bits per heavy atom. The Morgan fingerprint density at radius 3 is 2.53 bits per heavy atom. The van der Waals surface area contributed by atoms with E-state index in [1.165, 1.54) is 12.3 Å². The number of aromatic nitrogens is 3. The van der Waals surface area contributed by atoms with Gasteiger partial charge in [-0.25, -0.2) is 14.5 Å². The third kappa shape index (κ3) is 2.22. The normalized spacial score (nSPS) is 10.5. The molecule has 0 aliphatic carbocycles. The Labute approximate surface area is 111 Å². The van der Waals surface area contributed by atoms with Crippen LogP contribution in [0, 0.1) is 0 Å². The minimum atomic E-state index is -1.17. The van der Waals surface area contributed by atoms with Crippen molar-refractivity contribution in [2.45, 2.75) is 0 Å². The van der Waals surface area contributed by atoms with Crippen molar-refractivity contribution in [3.63, 3.8) is 0 Å². The highest BCUT2D eigenvalue weighted by molar-refractivity contribution is 6.36. The second-order valence-corrected chi connectivity index (χ2v) is 4.23. The molecule has 0 atom stereocenters. The summed E-state index contributed by atoms with van der Waals surface area (Å²) in [5.41, 5.74) is -0.125. The molecule has 0 aliphatic rings. The van der Waals surface area contributed by atoms with Crippen LogP contribution in [-0.4, -0.2) is 25.8 Å². The summed E-state index contributed by atoms with van der Waals surface area (Å²) >= 11 is 17.5. The molecule has 0 radical (unpaired) electrons. The topological polar surface area (TPSA) is 68.0 Å². The first-order valence-electron chi connectivity index (χ1n) is 4.29. The van der Waals surface area contributed by atoms with Crippen LogP contribution in [0.4, 0.5) is 0 Å². The van der Waals surface area contributed by atoms with Gasteiger partial charge in [0.1, 0.15) is 10.7 Å². The fourth-order valence-corrected chi connectivity index (χ4v) is 1.90. The molecule has 2 aromatic heterocycles. The van der Waals surface area contributed by atoms with Gasteiger partial charge in [-0.15, -0.1) is 0 Å². The Hall–Kier alpha value is -1.30. The number of halogens is 3. The fourth-order valence-electron chi connectivity index (χ4n) is 1.19. The smallest absolute Gasteiger partial charge is 0.340 e. The van der Waals surface area contributed by atoms with Gasteiger partial charge in [0.2, 0.25) is 0 Å². The van der Waals surface area contributed by atoms with Crippen LogP contribution in [-0.2, 0) is 0 Å². The van der Waals surface area contributed by atoms with Crippen molar-refractivity contribution < 1.29 is 9.90 Å². The number of pyridine rings is 1. The lowest BCUT2D eigenvalue weighted by molar-refractivity contribution is 0.0697. The predicted molar refractivity (Wildman–Crippen MR) is 63.3 cm³/mol. The van der Waals surface area contributed by atoms with E-state index in [9.17, 15) is 4.79 Å². The molecule has 0 unspecified atom stereocenters. The third-order valence-corrected chi connectivity index (χ3v) is 2.78. The number of nitrogens with zero attached hydrogens (tertiary/aromatic N) is 3. The van der Waals surface area contributed by atoms with E-state index in [0.717, 1.165) is 10.9 Å². The van der Waals surface area contributed by atoms with Gasteiger partial charge in [-0.2, -0.15) is 5.10 Å². The summed E-state index contributed by atoms with van der Waals surface area (Å²) in [7, 11) is 0. The van der Waals surface area contributed by atoms with Crippen LogP contribution in [0.2, 0.25) is 15.2 Å². The number of hydrogen-bond acceptors (Lipinski definition) is 3. The van der Waals surface area contributed by atoms with Crippen molar-refractivity contribution in [3.8, 4) is 5.82 Å². The molecule has 0 amide bonds. The van der Waals surface area contributed by atoms with Crippen molar-refractivity contribution in [1.82, 2.24) is 14.8 Å². The maximum absolute atomic E-state index is 10.8. The zero-order valence-corrected chi connectivity index (χ0v) is 10.3. The maximum Gasteiger partial charge on any atom is 0.340 e. The van der Waals surface area contributed by atoms with Crippen molar-refractivity contribution in [2.75, 3.05) is 0 Å². The quantitative estimate of drug-likeness (QED) is 0.924. The van der Waals surface area contributed by atoms with Crippen LogP contribution in [0.15, 0.2) is 18.5 Å². The molecule has 0 aromatic carbocycles. The summed E-state index contributed by atoms with van der Waals surface area (Å²) in [6.45, 7) is 0. The van der Waals surface area contributed by atoms with Crippen LogP contribution in [0.25, 0.3) is 5.82 Å². The molecule has 8 heteroatoms. The number of carbonyl (C=O) groups is 1. The van der Waals surface area contributed by atoms with Crippen LogP contribution >= 0.6 is 34.8 Å². The van der Waals surface area contributed by atoms with E-state index >= 15 is 0 Å². The van der Waals surface area contributed by atoms with E-state index in [-0.39, 0.29) is 21.6 Å². The Morgan fingerprint density at radius 2 is 2.00 bits per heavy atom. The largest absolute Gasteiger partial charge is 0.478 e. The first kappa shape index (κ1) is 12.2. The van der Waals surface area contributed by atoms with Crippen LogP contribution in [0.5, 0.6) is 0 Å². The van der Waals surface area contributed by atoms with Gasteiger partial charge in [0.15, 0.2) is 5.82 Å². The lowest BCUT2D eigenvalue weighted by Crippen LogP contribution is -2.02. The second kappa shape index (κ2) is 4.52. The summed E-state index contributed by atoms with van der Waals surface area (Å²) in [6.07, 6.45) is 2.48. The van der Waals surface area contributed by atoms with Gasteiger partial charge in [-0.3, -0.25) is 0 Å². The van der Waals surface area contributed by atoms with Gasteiger partial charge >= 0.3 is 5.97 Å². The van der Waals surface area contributed by atoms with Gasteiger partial charge in [0.25, 0.3) is 0 Å². The van der Waals surface area contributed by atoms with Gasteiger partial charge in [-0.1, -0.05) is 34.8 Å². The van der Waals surface area contributed by atoms with Gasteiger partial charge in [-0.05, 0) is 6.07 Å². The van der Waals surface area contributed by atoms with Crippen molar-refractivity contribution in [2.24, 2.45) is 0 Å². The SMILES string of the molecule is O=C(O)c1cnn(-c2ncc(Cl)cc2Cl)c1Cl. The van der Waals surface area contributed by atoms with E-state index in [1.54, 1.807) is 0 Å². The van der Waals surface area contributed by atoms with Gasteiger partial charge in [0, 0.05) is 6.20 Å². The molecule has 2 heterocycles. The minimum absolute atomic E-state index is 0.0748. The third-order valence-electron chi connectivity index (χ3n) is 1.93. The Balaban J connectivity index is 2.57. The molecule has 0 saturated carbocycles. The standard InChI is InChI=1S/C9H4Cl3N3O2/c10-4-1-6(11)8(13-2-4)15-7(12)5(3-14-15)9(16)17/h1-3H,(H,16,17). The molecule has 17 heavy (non-hydrogen) atoms. The summed E-state index contributed by atoms with van der Waals surface area (Å²) in [4.78, 5) is 14.7. The maximum atomic E-state index is 10.8. The Kier molecular flexibility index (Phi) is 3.24. The molecule has 0 bridgehead atoms. The molecular formula is C9H4Cl3N3O2. The highest BCUT2D eigenvalue weighted by Crippen LogP contribution is 2.25. The van der Waals surface area contributed by atoms with E-state index in [2.05, 4.69) is 10.1 Å². The summed E-state index contributed by atoms with van der Waals surface area (Å²) in [5, 5.41) is 13.1. The molecule has 5 nitrogen and oxygen atoms in total. The second-order valence-electron chi connectivity index (χ2n) is 3.02. The zero-order valence-electron chi connectivity index (χ0n) is 8.06. The number of carboxylic acids is 1. The van der Waals surface area contributed by atoms with E-state index < -0.39 is 5.97 Å². The molecule has 0 fully saturated rings. The lowest BCUT2D eigenvalue weighted by Gasteiger charge is -2.04. The van der Waals surface area contributed by atoms with Gasteiger partial charge in [0.05, 0.1) is 16.2 Å². The predicted octanol–water partition coefficient (Wildman–Crippen LogP) is 2.93. The number of carboxylic acid groups (broad SMARTS) is 1. The minimum Gasteiger partial charge on any atom is -0.478 e. The van der Waals surface area contributed by atoms with Crippen molar-refractivity contribution >= 4 is 40.8 Å². The van der Waals surface area contributed by atoms with E-state index in [1.807, 2.05) is 0 Å². The average Bonchev–Trinajstić information content (AvgIpc) is 2.60. The average molecular weight is 293 g/mol. The zero-order chi connectivity index (χ0) is 12.6.